The molecule has 2 heterocycles. The number of hydrogen-bond acceptors (Lipinski definition) is 6. The van der Waals surface area contributed by atoms with Crippen LogP contribution in [0.15, 0.2) is 122 Å². The summed E-state index contributed by atoms with van der Waals surface area (Å²) < 4.78 is 34.5. The molecule has 2 N–H and O–H groups in total. The number of methoxy groups -OCH3 is 1. The van der Waals surface area contributed by atoms with Crippen molar-refractivity contribution in [3.05, 3.63) is 156 Å². The summed E-state index contributed by atoms with van der Waals surface area (Å²) in [5, 5.41) is 9.26. The predicted octanol–water partition coefficient (Wildman–Crippen LogP) is 4.91. The first-order chi connectivity index (χ1) is 22.7. The second-order valence-corrected chi connectivity index (χ2v) is 10.7. The van der Waals surface area contributed by atoms with Crippen LogP contribution in [-0.4, -0.2) is 48.7 Å². The van der Waals surface area contributed by atoms with Gasteiger partial charge in [-0.25, -0.2) is 28.3 Å². The molecule has 9 nitrogen and oxygen atoms in total. The number of imidazole rings is 2. The van der Waals surface area contributed by atoms with Gasteiger partial charge in [0.25, 0.3) is 0 Å². The Hall–Kier alpha value is -5.34. The molecule has 0 unspecified atom stereocenters. The topological polar surface area (TPSA) is 129 Å². The number of rotatable bonds is 8. The van der Waals surface area contributed by atoms with Gasteiger partial charge in [-0.05, 0) is 71.5 Å². The van der Waals surface area contributed by atoms with E-state index in [1.54, 1.807) is 39.7 Å². The Kier molecular flexibility index (Phi) is 13.4. The van der Waals surface area contributed by atoms with Crippen molar-refractivity contribution in [1.29, 1.82) is 0 Å². The fourth-order valence-corrected chi connectivity index (χ4v) is 5.46. The zero-order chi connectivity index (χ0) is 33.5. The summed E-state index contributed by atoms with van der Waals surface area (Å²) in [6.07, 6.45) is 5.94. The van der Waals surface area contributed by atoms with Crippen LogP contribution >= 0.6 is 0 Å². The maximum absolute atomic E-state index is 13.2. The number of carbonyl (C=O) groups excluding carboxylic acids is 1. The van der Waals surface area contributed by atoms with E-state index in [4.69, 9.17) is 4.74 Å². The number of aromatic carboxylic acids is 1. The van der Waals surface area contributed by atoms with Gasteiger partial charge in [0.1, 0.15) is 23.0 Å². The summed E-state index contributed by atoms with van der Waals surface area (Å²) in [5.74, 6) is -2.01. The van der Waals surface area contributed by atoms with Gasteiger partial charge < -0.3 is 24.5 Å². The van der Waals surface area contributed by atoms with E-state index < -0.39 is 11.9 Å². The third kappa shape index (κ3) is 8.58. The molecular formula is C37H33F2LiN4O5. The summed E-state index contributed by atoms with van der Waals surface area (Å²) in [7, 11) is 1.34. The summed E-state index contributed by atoms with van der Waals surface area (Å²) in [5.41, 5.74) is 6.18. The average Bonchev–Trinajstić information content (AvgIpc) is 3.80. The van der Waals surface area contributed by atoms with Crippen molar-refractivity contribution < 1.29 is 52.6 Å². The van der Waals surface area contributed by atoms with E-state index in [1.807, 2.05) is 62.4 Å². The zero-order valence-corrected chi connectivity index (χ0v) is 27.4. The summed E-state index contributed by atoms with van der Waals surface area (Å²) in [6, 6.07) is 27.8. The maximum atomic E-state index is 13.2. The monoisotopic (exact) mass is 658 g/mol. The molecule has 6 aromatic rings. The van der Waals surface area contributed by atoms with E-state index >= 15 is 0 Å². The zero-order valence-electron chi connectivity index (χ0n) is 27.4. The van der Waals surface area contributed by atoms with Crippen LogP contribution < -0.4 is 18.9 Å². The fraction of sp³-hybridized carbons (Fsp3) is 0.135. The van der Waals surface area contributed by atoms with Crippen molar-refractivity contribution >= 4 is 11.9 Å². The van der Waals surface area contributed by atoms with Gasteiger partial charge in [-0.1, -0.05) is 72.8 Å². The molecular weight excluding hydrogens is 625 g/mol. The molecule has 49 heavy (non-hydrogen) atoms. The molecule has 0 aliphatic carbocycles. The van der Waals surface area contributed by atoms with Crippen molar-refractivity contribution in [2.75, 3.05) is 7.11 Å². The Morgan fingerprint density at radius 3 is 1.47 bits per heavy atom. The third-order valence-corrected chi connectivity index (χ3v) is 7.91. The molecule has 0 spiro atoms. The van der Waals surface area contributed by atoms with E-state index in [0.717, 1.165) is 33.4 Å². The molecule has 0 aliphatic heterocycles. The average molecular weight is 659 g/mol. The van der Waals surface area contributed by atoms with E-state index in [1.165, 1.54) is 50.1 Å². The molecule has 2 aromatic heterocycles. The fourth-order valence-electron chi connectivity index (χ4n) is 5.46. The Balaban J connectivity index is 0.000000255. The molecule has 12 heteroatoms. The Labute approximate surface area is 294 Å². The standard InChI is InChI=1S/C19H17FN2O2.C18H15FN2O2.Li.H2O/c1-13(22-12-21-11-18(22)19(23)24-2)16-5-3-4-6-17(16)14-7-9-15(20)10-8-14;1-12(21-11-20-10-17(21)18(22)23)15-4-2-3-5-16(15)13-6-8-14(19)9-7-13;;/h3-13H,1-2H3;2-12H,1H3,(H,22,23);;1H2/q;;+1;/p-1/t13-;12-;;/m00../s1. The SMILES string of the molecule is COC(=O)c1cncn1[C@@H](C)c1ccccc1-c1ccc(F)cc1.C[C@@H](c1ccccc1-c1ccc(F)cc1)n1cncc1C(=O)O.[Li+].[OH-]. The van der Waals surface area contributed by atoms with Gasteiger partial charge in [0.2, 0.25) is 0 Å². The number of benzene rings is 4. The van der Waals surface area contributed by atoms with Crippen LogP contribution in [-0.2, 0) is 4.74 Å². The van der Waals surface area contributed by atoms with Crippen LogP contribution in [0.2, 0.25) is 0 Å². The van der Waals surface area contributed by atoms with Gasteiger partial charge in [-0.15, -0.1) is 0 Å². The van der Waals surface area contributed by atoms with Gasteiger partial charge >= 0.3 is 30.8 Å². The molecule has 0 amide bonds. The molecule has 4 aromatic carbocycles. The smallest absolute Gasteiger partial charge is 0.870 e. The van der Waals surface area contributed by atoms with Crippen LogP contribution in [0, 0.1) is 11.6 Å². The van der Waals surface area contributed by atoms with Crippen molar-refractivity contribution in [3.63, 3.8) is 0 Å². The molecule has 0 fully saturated rings. The van der Waals surface area contributed by atoms with E-state index in [9.17, 15) is 23.5 Å². The maximum Gasteiger partial charge on any atom is 1.00 e. The Morgan fingerprint density at radius 2 is 1.06 bits per heavy atom. The molecule has 6 rings (SSSR count). The van der Waals surface area contributed by atoms with Crippen LogP contribution in [0.5, 0.6) is 0 Å². The molecule has 0 saturated heterocycles. The van der Waals surface area contributed by atoms with E-state index in [-0.39, 0.29) is 53.7 Å². The minimum Gasteiger partial charge on any atom is -0.870 e. The van der Waals surface area contributed by atoms with Crippen LogP contribution in [0.3, 0.4) is 0 Å². The van der Waals surface area contributed by atoms with Gasteiger partial charge in [-0.3, -0.25) is 0 Å². The van der Waals surface area contributed by atoms with E-state index in [2.05, 4.69) is 9.97 Å². The quantitative estimate of drug-likeness (QED) is 0.182. The first kappa shape index (κ1) is 38.1. The summed E-state index contributed by atoms with van der Waals surface area (Å²) in [4.78, 5) is 31.2. The number of carboxylic acids is 1. The number of carbonyl (C=O) groups is 2. The van der Waals surface area contributed by atoms with Crippen LogP contribution in [0.1, 0.15) is 58.0 Å². The number of esters is 1. The largest absolute Gasteiger partial charge is 1.00 e. The number of aromatic nitrogens is 4. The number of hydrogen-bond donors (Lipinski definition) is 1. The minimum atomic E-state index is -1.02. The summed E-state index contributed by atoms with van der Waals surface area (Å²) >= 11 is 0. The number of carboxylic acid groups (broad SMARTS) is 1. The van der Waals surface area contributed by atoms with E-state index in [0.29, 0.717) is 5.69 Å². The second-order valence-electron chi connectivity index (χ2n) is 10.7. The first-order valence-corrected chi connectivity index (χ1v) is 14.7. The Morgan fingerprint density at radius 1 is 0.673 bits per heavy atom. The normalized spacial score (nSPS) is 11.5. The Bertz CT molecular complexity index is 1990. The van der Waals surface area contributed by atoms with Crippen molar-refractivity contribution in [2.45, 2.75) is 25.9 Å². The summed E-state index contributed by atoms with van der Waals surface area (Å²) in [6.45, 7) is 3.90. The molecule has 0 aliphatic rings. The van der Waals surface area contributed by atoms with Crippen molar-refractivity contribution in [1.82, 2.24) is 19.1 Å². The minimum absolute atomic E-state index is 0. The number of nitrogens with zero attached hydrogens (tertiary/aromatic N) is 4. The second kappa shape index (κ2) is 17.2. The van der Waals surface area contributed by atoms with Gasteiger partial charge in [-0.2, -0.15) is 0 Å². The molecule has 246 valence electrons. The van der Waals surface area contributed by atoms with Gasteiger partial charge in [0.05, 0.1) is 44.2 Å². The van der Waals surface area contributed by atoms with Gasteiger partial charge in [0, 0.05) is 0 Å². The molecule has 0 saturated carbocycles. The third-order valence-electron chi connectivity index (χ3n) is 7.91. The first-order valence-electron chi connectivity index (χ1n) is 14.7. The van der Waals surface area contributed by atoms with Crippen molar-refractivity contribution in [2.24, 2.45) is 0 Å². The van der Waals surface area contributed by atoms with Crippen LogP contribution in [0.4, 0.5) is 8.78 Å². The number of halogens is 2. The molecule has 0 bridgehead atoms. The predicted molar refractivity (Wildman–Crippen MR) is 176 cm³/mol. The molecule has 0 radical (unpaired) electrons. The van der Waals surface area contributed by atoms with Crippen molar-refractivity contribution in [3.8, 4) is 22.3 Å². The van der Waals surface area contributed by atoms with Gasteiger partial charge in [0.15, 0.2) is 0 Å². The molecule has 2 atom stereocenters. The number of ether oxygens (including phenoxy) is 1. The van der Waals surface area contributed by atoms with Crippen LogP contribution in [0.25, 0.3) is 22.3 Å².